The van der Waals surface area contributed by atoms with E-state index in [2.05, 4.69) is 49.6 Å². The molecule has 106 valence electrons. The van der Waals surface area contributed by atoms with Crippen LogP contribution in [0.15, 0.2) is 24.3 Å². The van der Waals surface area contributed by atoms with Crippen LogP contribution in [0.25, 0.3) is 11.3 Å². The van der Waals surface area contributed by atoms with Gasteiger partial charge < -0.3 is 10.3 Å². The van der Waals surface area contributed by atoms with Crippen LogP contribution in [0.4, 0.5) is 5.82 Å². The van der Waals surface area contributed by atoms with Crippen molar-refractivity contribution in [2.75, 3.05) is 5.73 Å². The predicted molar refractivity (Wildman–Crippen MR) is 83.8 cm³/mol. The minimum atomic E-state index is 0.362. The van der Waals surface area contributed by atoms with E-state index in [0.717, 1.165) is 17.9 Å². The highest BCUT2D eigenvalue weighted by molar-refractivity contribution is 5.74. The van der Waals surface area contributed by atoms with E-state index in [4.69, 9.17) is 10.7 Å². The second-order valence-electron chi connectivity index (χ2n) is 5.95. The van der Waals surface area contributed by atoms with Crippen molar-refractivity contribution in [1.82, 2.24) is 9.55 Å². The standard InChI is InChI=1S/C17H23N3/c1-4-12-7-5-6-8-14(12)15-16(18)20(11(2)3)17(19-15)13-9-10-13/h5-8,11,13H,4,9-10,18H2,1-3H3. The van der Waals surface area contributed by atoms with Gasteiger partial charge in [0.15, 0.2) is 0 Å². The minimum absolute atomic E-state index is 0.362. The van der Waals surface area contributed by atoms with Crippen molar-refractivity contribution in [2.24, 2.45) is 0 Å². The Labute approximate surface area is 120 Å². The van der Waals surface area contributed by atoms with Gasteiger partial charge in [-0.1, -0.05) is 31.2 Å². The lowest BCUT2D eigenvalue weighted by Crippen LogP contribution is -2.09. The van der Waals surface area contributed by atoms with Gasteiger partial charge >= 0.3 is 0 Å². The van der Waals surface area contributed by atoms with Gasteiger partial charge in [-0.05, 0) is 38.7 Å². The number of rotatable bonds is 4. The van der Waals surface area contributed by atoms with Crippen LogP contribution in [0.5, 0.6) is 0 Å². The van der Waals surface area contributed by atoms with Gasteiger partial charge in [0.25, 0.3) is 0 Å². The molecule has 3 rings (SSSR count). The molecule has 1 aromatic heterocycles. The largest absolute Gasteiger partial charge is 0.383 e. The third-order valence-electron chi connectivity index (χ3n) is 4.09. The third kappa shape index (κ3) is 2.11. The number of aryl methyl sites for hydroxylation is 1. The van der Waals surface area contributed by atoms with Gasteiger partial charge in [-0.25, -0.2) is 4.98 Å². The van der Waals surface area contributed by atoms with E-state index in [9.17, 15) is 0 Å². The molecule has 1 aliphatic carbocycles. The summed E-state index contributed by atoms with van der Waals surface area (Å²) < 4.78 is 2.22. The van der Waals surface area contributed by atoms with E-state index in [1.165, 1.54) is 29.8 Å². The Bertz CT molecular complexity index is 621. The Morgan fingerprint density at radius 2 is 2.00 bits per heavy atom. The quantitative estimate of drug-likeness (QED) is 0.906. The average molecular weight is 269 g/mol. The van der Waals surface area contributed by atoms with Crippen molar-refractivity contribution in [3.05, 3.63) is 35.7 Å². The number of anilines is 1. The Morgan fingerprint density at radius 3 is 2.60 bits per heavy atom. The van der Waals surface area contributed by atoms with Gasteiger partial charge in [0.1, 0.15) is 17.3 Å². The average Bonchev–Trinajstić information content (AvgIpc) is 3.22. The molecule has 0 radical (unpaired) electrons. The van der Waals surface area contributed by atoms with Crippen LogP contribution in [0.3, 0.4) is 0 Å². The molecule has 2 aromatic rings. The fraction of sp³-hybridized carbons (Fsp3) is 0.471. The summed E-state index contributed by atoms with van der Waals surface area (Å²) in [4.78, 5) is 4.91. The normalized spacial score (nSPS) is 15.0. The molecule has 1 saturated carbocycles. The molecule has 0 unspecified atom stereocenters. The van der Waals surface area contributed by atoms with Gasteiger partial charge in [-0.2, -0.15) is 0 Å². The molecule has 3 nitrogen and oxygen atoms in total. The lowest BCUT2D eigenvalue weighted by atomic mass is 10.0. The third-order valence-corrected chi connectivity index (χ3v) is 4.09. The topological polar surface area (TPSA) is 43.8 Å². The molecule has 0 aliphatic heterocycles. The molecule has 0 amide bonds. The van der Waals surface area contributed by atoms with Crippen LogP contribution in [-0.2, 0) is 6.42 Å². The first-order valence-electron chi connectivity index (χ1n) is 7.59. The van der Waals surface area contributed by atoms with E-state index < -0.39 is 0 Å². The molecule has 0 spiro atoms. The van der Waals surface area contributed by atoms with Crippen molar-refractivity contribution in [3.8, 4) is 11.3 Å². The SMILES string of the molecule is CCc1ccccc1-c1nc(C2CC2)n(C(C)C)c1N. The first kappa shape index (κ1) is 13.2. The van der Waals surface area contributed by atoms with Crippen LogP contribution in [0.2, 0.25) is 0 Å². The summed E-state index contributed by atoms with van der Waals surface area (Å²) in [6.07, 6.45) is 3.50. The molecule has 1 aromatic carbocycles. The lowest BCUT2D eigenvalue weighted by molar-refractivity contribution is 0.576. The van der Waals surface area contributed by atoms with Crippen LogP contribution < -0.4 is 5.73 Å². The fourth-order valence-electron chi connectivity index (χ4n) is 2.89. The van der Waals surface area contributed by atoms with E-state index >= 15 is 0 Å². The number of nitrogens with two attached hydrogens (primary N) is 1. The molecule has 0 saturated heterocycles. The number of hydrogen-bond acceptors (Lipinski definition) is 2. The molecule has 3 heteroatoms. The predicted octanol–water partition coefficient (Wildman–Crippen LogP) is 4.15. The highest BCUT2D eigenvalue weighted by Crippen LogP contribution is 2.43. The van der Waals surface area contributed by atoms with Crippen LogP contribution in [0.1, 0.15) is 57.0 Å². The zero-order chi connectivity index (χ0) is 14.3. The maximum Gasteiger partial charge on any atom is 0.131 e. The van der Waals surface area contributed by atoms with Gasteiger partial charge in [0, 0.05) is 17.5 Å². The summed E-state index contributed by atoms with van der Waals surface area (Å²) in [5.74, 6) is 2.61. The number of hydrogen-bond donors (Lipinski definition) is 1. The Hall–Kier alpha value is -1.77. The Balaban J connectivity index is 2.17. The summed E-state index contributed by atoms with van der Waals surface area (Å²) in [5.41, 5.74) is 9.90. The summed E-state index contributed by atoms with van der Waals surface area (Å²) in [7, 11) is 0. The molecule has 2 N–H and O–H groups in total. The summed E-state index contributed by atoms with van der Waals surface area (Å²) in [6.45, 7) is 6.54. The molecule has 0 atom stereocenters. The maximum absolute atomic E-state index is 6.43. The number of aromatic nitrogens is 2. The first-order valence-corrected chi connectivity index (χ1v) is 7.59. The van der Waals surface area contributed by atoms with Crippen molar-refractivity contribution in [3.63, 3.8) is 0 Å². The highest BCUT2D eigenvalue weighted by atomic mass is 15.2. The number of imidazole rings is 1. The second-order valence-corrected chi connectivity index (χ2v) is 5.95. The second kappa shape index (κ2) is 4.97. The van der Waals surface area contributed by atoms with Gasteiger partial charge in [-0.3, -0.25) is 0 Å². The molecule has 20 heavy (non-hydrogen) atoms. The van der Waals surface area contributed by atoms with Gasteiger partial charge in [-0.15, -0.1) is 0 Å². The molecule has 0 bridgehead atoms. The summed E-state index contributed by atoms with van der Waals surface area (Å²) in [5, 5.41) is 0. The first-order chi connectivity index (χ1) is 9.63. The Kier molecular flexibility index (Phi) is 3.28. The van der Waals surface area contributed by atoms with Crippen LogP contribution in [0, 0.1) is 0 Å². The van der Waals surface area contributed by atoms with Gasteiger partial charge in [0.2, 0.25) is 0 Å². The lowest BCUT2D eigenvalue weighted by Gasteiger charge is -2.13. The van der Waals surface area contributed by atoms with Crippen LogP contribution in [-0.4, -0.2) is 9.55 Å². The maximum atomic E-state index is 6.43. The van der Waals surface area contributed by atoms with Crippen LogP contribution >= 0.6 is 0 Å². The molecular formula is C17H23N3. The zero-order valence-corrected chi connectivity index (χ0v) is 12.6. The molecule has 1 fully saturated rings. The van der Waals surface area contributed by atoms with E-state index in [1.54, 1.807) is 0 Å². The van der Waals surface area contributed by atoms with E-state index in [1.807, 2.05) is 0 Å². The highest BCUT2D eigenvalue weighted by Gasteiger charge is 2.32. The number of nitrogen functional groups attached to an aromatic ring is 1. The summed E-state index contributed by atoms with van der Waals surface area (Å²) >= 11 is 0. The van der Waals surface area contributed by atoms with Crippen molar-refractivity contribution in [2.45, 2.75) is 52.0 Å². The molecular weight excluding hydrogens is 246 g/mol. The van der Waals surface area contributed by atoms with Crippen molar-refractivity contribution in [1.29, 1.82) is 0 Å². The van der Waals surface area contributed by atoms with E-state index in [0.29, 0.717) is 12.0 Å². The van der Waals surface area contributed by atoms with Crippen molar-refractivity contribution >= 4 is 5.82 Å². The number of benzene rings is 1. The fourth-order valence-corrected chi connectivity index (χ4v) is 2.89. The summed E-state index contributed by atoms with van der Waals surface area (Å²) in [6, 6.07) is 8.82. The number of nitrogens with zero attached hydrogens (tertiary/aromatic N) is 2. The Morgan fingerprint density at radius 1 is 1.30 bits per heavy atom. The van der Waals surface area contributed by atoms with Gasteiger partial charge in [0.05, 0.1) is 0 Å². The minimum Gasteiger partial charge on any atom is -0.383 e. The molecule has 1 heterocycles. The van der Waals surface area contributed by atoms with Crippen molar-refractivity contribution < 1.29 is 0 Å². The molecule has 1 aliphatic rings. The monoisotopic (exact) mass is 269 g/mol. The smallest absolute Gasteiger partial charge is 0.131 e. The zero-order valence-electron chi connectivity index (χ0n) is 12.6. The van der Waals surface area contributed by atoms with E-state index in [-0.39, 0.29) is 0 Å².